The van der Waals surface area contributed by atoms with Gasteiger partial charge in [0, 0.05) is 28.7 Å². The van der Waals surface area contributed by atoms with Crippen molar-refractivity contribution in [1.82, 2.24) is 10.2 Å². The molecule has 0 spiro atoms. The first-order chi connectivity index (χ1) is 19.1. The topological polar surface area (TPSA) is 105 Å². The number of ether oxygens (including phenoxy) is 2. The van der Waals surface area contributed by atoms with Crippen LogP contribution in [0.1, 0.15) is 57.9 Å². The molecule has 4 rings (SSSR count). The maximum Gasteiger partial charge on any atom is 0.244 e. The molecule has 9 nitrogen and oxygen atoms in total. The smallest absolute Gasteiger partial charge is 0.244 e. The lowest BCUT2D eigenvalue weighted by atomic mass is 9.95. The molecule has 218 valence electrons. The Balaban J connectivity index is 1.66. The third kappa shape index (κ3) is 7.14. The molecule has 1 aliphatic carbocycles. The highest BCUT2D eigenvalue weighted by molar-refractivity contribution is 7.92. The number of hydrogen-bond donors (Lipinski definition) is 1. The number of carbonyl (C=O) groups is 2. The summed E-state index contributed by atoms with van der Waals surface area (Å²) in [6.07, 6.45) is 5.36. The highest BCUT2D eigenvalue weighted by Crippen LogP contribution is 2.36. The molecule has 1 fully saturated rings. The summed E-state index contributed by atoms with van der Waals surface area (Å²) in [5.41, 5.74) is 0.861. The van der Waals surface area contributed by atoms with Crippen LogP contribution in [-0.4, -0.2) is 56.3 Å². The molecule has 1 atom stereocenters. The van der Waals surface area contributed by atoms with E-state index in [9.17, 15) is 18.0 Å². The number of rotatable bonds is 11. The molecule has 2 amide bonds. The molecule has 0 bridgehead atoms. The number of fused-ring (bicyclic) bond motifs is 1. The number of carbonyl (C=O) groups excluding carboxylic acids is 2. The van der Waals surface area contributed by atoms with Gasteiger partial charge in [0.05, 0.1) is 11.4 Å². The molecule has 2 aliphatic rings. The first-order valence-corrected chi connectivity index (χ1v) is 15.9. The maximum absolute atomic E-state index is 14.0. The molecule has 0 radical (unpaired) electrons. The van der Waals surface area contributed by atoms with Gasteiger partial charge in [0.15, 0.2) is 11.5 Å². The monoisotopic (exact) mass is 611 g/mol. The fourth-order valence-electron chi connectivity index (χ4n) is 5.06. The van der Waals surface area contributed by atoms with Gasteiger partial charge in [-0.2, -0.15) is 0 Å². The van der Waals surface area contributed by atoms with Gasteiger partial charge in [-0.05, 0) is 56.0 Å². The minimum Gasteiger partial charge on any atom is -0.454 e. The summed E-state index contributed by atoms with van der Waals surface area (Å²) in [6, 6.07) is 8.88. The van der Waals surface area contributed by atoms with Crippen LogP contribution in [0.3, 0.4) is 0 Å². The van der Waals surface area contributed by atoms with E-state index in [1.165, 1.54) is 17.9 Å². The predicted molar refractivity (Wildman–Crippen MR) is 155 cm³/mol. The van der Waals surface area contributed by atoms with E-state index in [1.54, 1.807) is 30.3 Å². The van der Waals surface area contributed by atoms with E-state index in [0.29, 0.717) is 33.5 Å². The van der Waals surface area contributed by atoms with Crippen molar-refractivity contribution >= 4 is 50.7 Å². The third-order valence-corrected chi connectivity index (χ3v) is 9.64. The summed E-state index contributed by atoms with van der Waals surface area (Å²) in [5.74, 6) is -0.137. The number of sulfonamides is 1. The molecular weight excluding hydrogens is 577 g/mol. The van der Waals surface area contributed by atoms with Gasteiger partial charge in [0.2, 0.25) is 28.6 Å². The normalized spacial score (nSPS) is 15.9. The van der Waals surface area contributed by atoms with Gasteiger partial charge in [-0.3, -0.25) is 13.9 Å². The van der Waals surface area contributed by atoms with Crippen LogP contribution in [0.25, 0.3) is 0 Å². The zero-order valence-electron chi connectivity index (χ0n) is 22.7. The van der Waals surface area contributed by atoms with Crippen molar-refractivity contribution in [2.75, 3.05) is 23.4 Å². The van der Waals surface area contributed by atoms with Gasteiger partial charge in [-0.25, -0.2) is 8.42 Å². The minimum absolute atomic E-state index is 0.00653. The third-order valence-electron chi connectivity index (χ3n) is 7.32. The molecule has 40 heavy (non-hydrogen) atoms. The number of nitrogens with one attached hydrogen (secondary N) is 1. The molecule has 1 saturated carbocycles. The average Bonchev–Trinajstić information content (AvgIpc) is 3.41. The van der Waals surface area contributed by atoms with Crippen LogP contribution in [0.15, 0.2) is 36.4 Å². The summed E-state index contributed by atoms with van der Waals surface area (Å²) < 4.78 is 38.3. The van der Waals surface area contributed by atoms with Gasteiger partial charge in [-0.1, -0.05) is 55.5 Å². The van der Waals surface area contributed by atoms with E-state index in [0.717, 1.165) is 36.4 Å². The largest absolute Gasteiger partial charge is 0.454 e. The quantitative estimate of drug-likeness (QED) is 0.377. The molecular formula is C28H35Cl2N3O6S. The Hall–Kier alpha value is -2.69. The van der Waals surface area contributed by atoms with E-state index in [2.05, 4.69) is 5.32 Å². The van der Waals surface area contributed by atoms with Crippen LogP contribution in [0.5, 0.6) is 11.5 Å². The van der Waals surface area contributed by atoms with Gasteiger partial charge >= 0.3 is 0 Å². The van der Waals surface area contributed by atoms with Crippen molar-refractivity contribution in [3.8, 4) is 11.5 Å². The second-order valence-electron chi connectivity index (χ2n) is 9.97. The second kappa shape index (κ2) is 13.3. The summed E-state index contributed by atoms with van der Waals surface area (Å²) in [5, 5.41) is 3.91. The Kier molecular flexibility index (Phi) is 10.1. The van der Waals surface area contributed by atoms with E-state index in [-0.39, 0.29) is 36.7 Å². The van der Waals surface area contributed by atoms with Gasteiger partial charge in [0.25, 0.3) is 0 Å². The Labute approximate surface area is 245 Å². The summed E-state index contributed by atoms with van der Waals surface area (Å²) in [4.78, 5) is 29.0. The van der Waals surface area contributed by atoms with E-state index < -0.39 is 28.5 Å². The lowest BCUT2D eigenvalue weighted by Crippen LogP contribution is -2.54. The zero-order chi connectivity index (χ0) is 28.9. The second-order valence-corrected chi connectivity index (χ2v) is 13.0. The highest BCUT2D eigenvalue weighted by Gasteiger charge is 2.34. The number of benzene rings is 2. The number of halogens is 2. The van der Waals surface area contributed by atoms with E-state index in [4.69, 9.17) is 32.7 Å². The number of anilines is 1. The fraction of sp³-hybridized carbons (Fsp3) is 0.500. The summed E-state index contributed by atoms with van der Waals surface area (Å²) >= 11 is 12.5. The molecule has 0 saturated heterocycles. The Morgan fingerprint density at radius 1 is 1.02 bits per heavy atom. The van der Waals surface area contributed by atoms with E-state index in [1.807, 2.05) is 6.92 Å². The van der Waals surface area contributed by atoms with Crippen molar-refractivity contribution in [2.24, 2.45) is 0 Å². The number of hydrogen-bond acceptors (Lipinski definition) is 6. The lowest BCUT2D eigenvalue weighted by Gasteiger charge is -2.34. The molecule has 2 aromatic carbocycles. The van der Waals surface area contributed by atoms with E-state index >= 15 is 0 Å². The summed E-state index contributed by atoms with van der Waals surface area (Å²) in [6.45, 7) is 2.87. The van der Waals surface area contributed by atoms with Gasteiger partial charge in [0.1, 0.15) is 12.6 Å². The Bertz CT molecular complexity index is 1330. The Morgan fingerprint density at radius 3 is 2.42 bits per heavy atom. The molecule has 1 heterocycles. The van der Waals surface area contributed by atoms with Crippen LogP contribution >= 0.6 is 23.2 Å². The van der Waals surface area contributed by atoms with Gasteiger partial charge in [-0.15, -0.1) is 0 Å². The van der Waals surface area contributed by atoms with Crippen LogP contribution in [0, 0.1) is 0 Å². The van der Waals surface area contributed by atoms with Gasteiger partial charge < -0.3 is 19.7 Å². The first-order valence-electron chi connectivity index (χ1n) is 13.6. The minimum atomic E-state index is -3.88. The molecule has 2 aromatic rings. The maximum atomic E-state index is 14.0. The standard InChI is InChI=1S/C28H35Cl2N3O6S/c1-3-24(28(35)31-21-8-6-5-7-9-21)32(16-19-10-11-20(29)14-23(19)30)27(34)17-33(40(36,37)4-2)22-12-13-25-26(15-22)39-18-38-25/h10-15,21,24H,3-9,16-18H2,1-2H3,(H,31,35). The SMILES string of the molecule is CCC(C(=O)NC1CCCCC1)N(Cc1ccc(Cl)cc1Cl)C(=O)CN(c1ccc2c(c1)OCO2)S(=O)(=O)CC. The predicted octanol–water partition coefficient (Wildman–Crippen LogP) is 5.13. The summed E-state index contributed by atoms with van der Waals surface area (Å²) in [7, 11) is -3.88. The van der Waals surface area contributed by atoms with Crippen LogP contribution < -0.4 is 19.1 Å². The molecule has 12 heteroatoms. The van der Waals surface area contributed by atoms with Crippen molar-refractivity contribution in [1.29, 1.82) is 0 Å². The fourth-order valence-corrected chi connectivity index (χ4v) is 6.58. The first kappa shape index (κ1) is 30.3. The molecule has 1 N–H and O–H groups in total. The number of nitrogens with zero attached hydrogens (tertiary/aromatic N) is 2. The van der Waals surface area contributed by atoms with Crippen molar-refractivity contribution in [3.05, 3.63) is 52.0 Å². The zero-order valence-corrected chi connectivity index (χ0v) is 25.0. The van der Waals surface area contributed by atoms with Crippen molar-refractivity contribution < 1.29 is 27.5 Å². The highest BCUT2D eigenvalue weighted by atomic mass is 35.5. The van der Waals surface area contributed by atoms with Crippen LogP contribution in [-0.2, 0) is 26.2 Å². The van der Waals surface area contributed by atoms with Crippen LogP contribution in [0.4, 0.5) is 5.69 Å². The number of amides is 2. The van der Waals surface area contributed by atoms with Crippen molar-refractivity contribution in [2.45, 2.75) is 71.0 Å². The molecule has 0 aromatic heterocycles. The lowest BCUT2D eigenvalue weighted by molar-refractivity contribution is -0.140. The molecule has 1 aliphatic heterocycles. The van der Waals surface area contributed by atoms with Crippen molar-refractivity contribution in [3.63, 3.8) is 0 Å². The Morgan fingerprint density at radius 2 is 1.75 bits per heavy atom. The average molecular weight is 613 g/mol. The van der Waals surface area contributed by atoms with Crippen LogP contribution in [0.2, 0.25) is 10.0 Å². The molecule has 1 unspecified atom stereocenters.